The summed E-state index contributed by atoms with van der Waals surface area (Å²) in [5.41, 5.74) is 1.81. The van der Waals surface area contributed by atoms with E-state index in [2.05, 4.69) is 10.3 Å². The van der Waals surface area contributed by atoms with Crippen molar-refractivity contribution in [3.63, 3.8) is 0 Å². The van der Waals surface area contributed by atoms with Gasteiger partial charge in [0.1, 0.15) is 0 Å². The zero-order valence-corrected chi connectivity index (χ0v) is 11.7. The molecule has 1 aliphatic rings. The molecule has 1 aromatic carbocycles. The lowest BCUT2D eigenvalue weighted by molar-refractivity contribution is 0.495. The van der Waals surface area contributed by atoms with E-state index in [0.717, 1.165) is 30.5 Å². The van der Waals surface area contributed by atoms with Crippen LogP contribution in [0.1, 0.15) is 32.1 Å². The monoisotopic (exact) mass is 271 g/mol. The second kappa shape index (κ2) is 6.18. The highest BCUT2D eigenvalue weighted by molar-refractivity contribution is 5.74. The summed E-state index contributed by atoms with van der Waals surface area (Å²) >= 11 is 0. The molecule has 3 rings (SSSR count). The Labute approximate surface area is 118 Å². The minimum atomic E-state index is -0.00966. The zero-order valence-electron chi connectivity index (χ0n) is 11.7. The first-order chi connectivity index (χ1) is 9.84. The van der Waals surface area contributed by atoms with Crippen LogP contribution >= 0.6 is 0 Å². The number of rotatable bonds is 5. The summed E-state index contributed by atoms with van der Waals surface area (Å²) in [6.45, 7) is 1.73. The van der Waals surface area contributed by atoms with Crippen molar-refractivity contribution in [2.24, 2.45) is 0 Å². The minimum absolute atomic E-state index is 0.00966. The molecule has 0 radical (unpaired) electrons. The molecular weight excluding hydrogens is 250 g/mol. The normalized spacial score (nSPS) is 16.0. The van der Waals surface area contributed by atoms with Gasteiger partial charge in [0.25, 0.3) is 5.56 Å². The molecule has 0 bridgehead atoms. The molecule has 1 aliphatic carbocycles. The maximum atomic E-state index is 12.0. The summed E-state index contributed by atoms with van der Waals surface area (Å²) < 4.78 is 1.83. The minimum Gasteiger partial charge on any atom is -0.314 e. The van der Waals surface area contributed by atoms with Crippen LogP contribution in [0.2, 0.25) is 0 Å². The average Bonchev–Trinajstić information content (AvgIpc) is 2.98. The summed E-state index contributed by atoms with van der Waals surface area (Å²) in [5, 5.41) is 3.59. The van der Waals surface area contributed by atoms with E-state index in [1.807, 2.05) is 28.8 Å². The molecule has 1 N–H and O–H groups in total. The van der Waals surface area contributed by atoms with Crippen LogP contribution in [0.3, 0.4) is 0 Å². The number of hydrogen-bond donors (Lipinski definition) is 1. The van der Waals surface area contributed by atoms with Crippen molar-refractivity contribution in [1.82, 2.24) is 14.9 Å². The van der Waals surface area contributed by atoms with Gasteiger partial charge in [-0.25, -0.2) is 4.98 Å². The Morgan fingerprint density at radius 1 is 1.25 bits per heavy atom. The lowest BCUT2D eigenvalue weighted by Gasteiger charge is -2.13. The van der Waals surface area contributed by atoms with E-state index < -0.39 is 0 Å². The van der Waals surface area contributed by atoms with Crippen LogP contribution in [-0.4, -0.2) is 22.1 Å². The summed E-state index contributed by atoms with van der Waals surface area (Å²) in [7, 11) is 0. The summed E-state index contributed by atoms with van der Waals surface area (Å²) in [6.07, 6.45) is 7.71. The van der Waals surface area contributed by atoms with E-state index in [9.17, 15) is 4.79 Å². The van der Waals surface area contributed by atoms with Gasteiger partial charge in [0.05, 0.1) is 17.2 Å². The second-order valence-corrected chi connectivity index (χ2v) is 5.53. The first kappa shape index (κ1) is 13.3. The molecule has 2 aromatic rings. The third kappa shape index (κ3) is 2.90. The fourth-order valence-electron chi connectivity index (χ4n) is 3.02. The third-order valence-electron chi connectivity index (χ3n) is 4.10. The smallest absolute Gasteiger partial charge is 0.269 e. The molecule has 4 heteroatoms. The Morgan fingerprint density at radius 3 is 2.90 bits per heavy atom. The van der Waals surface area contributed by atoms with Gasteiger partial charge in [-0.15, -0.1) is 0 Å². The van der Waals surface area contributed by atoms with E-state index in [1.54, 1.807) is 0 Å². The lowest BCUT2D eigenvalue weighted by Crippen LogP contribution is -2.29. The van der Waals surface area contributed by atoms with Crippen LogP contribution in [-0.2, 0) is 6.54 Å². The van der Waals surface area contributed by atoms with Crippen molar-refractivity contribution in [1.29, 1.82) is 0 Å². The van der Waals surface area contributed by atoms with Gasteiger partial charge in [0.2, 0.25) is 0 Å². The van der Waals surface area contributed by atoms with Crippen molar-refractivity contribution in [3.8, 4) is 0 Å². The Morgan fingerprint density at radius 2 is 2.05 bits per heavy atom. The number of aromatic nitrogens is 2. The highest BCUT2D eigenvalue weighted by Crippen LogP contribution is 2.17. The van der Waals surface area contributed by atoms with Gasteiger partial charge < -0.3 is 9.88 Å². The molecule has 1 fully saturated rings. The van der Waals surface area contributed by atoms with Crippen molar-refractivity contribution in [3.05, 3.63) is 40.8 Å². The SMILES string of the molecule is O=c1cnc2ccccc2n1CCCNC1CCCC1. The predicted octanol–water partition coefficient (Wildman–Crippen LogP) is 2.32. The Kier molecular flexibility index (Phi) is 4.11. The number of benzene rings is 1. The van der Waals surface area contributed by atoms with Crippen LogP contribution in [0.4, 0.5) is 0 Å². The van der Waals surface area contributed by atoms with Gasteiger partial charge in [0.15, 0.2) is 0 Å². The van der Waals surface area contributed by atoms with Gasteiger partial charge >= 0.3 is 0 Å². The van der Waals surface area contributed by atoms with E-state index in [4.69, 9.17) is 0 Å². The van der Waals surface area contributed by atoms with Gasteiger partial charge in [-0.2, -0.15) is 0 Å². The third-order valence-corrected chi connectivity index (χ3v) is 4.10. The van der Waals surface area contributed by atoms with Crippen LogP contribution in [0.5, 0.6) is 0 Å². The van der Waals surface area contributed by atoms with Gasteiger partial charge in [-0.1, -0.05) is 25.0 Å². The Bertz CT molecular complexity index is 629. The van der Waals surface area contributed by atoms with E-state index in [-0.39, 0.29) is 5.56 Å². The van der Waals surface area contributed by atoms with E-state index >= 15 is 0 Å². The molecule has 1 saturated carbocycles. The summed E-state index contributed by atoms with van der Waals surface area (Å²) in [6, 6.07) is 8.51. The maximum absolute atomic E-state index is 12.0. The van der Waals surface area contributed by atoms with Crippen molar-refractivity contribution in [2.75, 3.05) is 6.54 Å². The highest BCUT2D eigenvalue weighted by Gasteiger charge is 2.13. The Hall–Kier alpha value is -1.68. The predicted molar refractivity (Wildman–Crippen MR) is 80.9 cm³/mol. The number of hydrogen-bond acceptors (Lipinski definition) is 3. The number of para-hydroxylation sites is 2. The van der Waals surface area contributed by atoms with Gasteiger partial charge in [0, 0.05) is 12.6 Å². The molecule has 20 heavy (non-hydrogen) atoms. The first-order valence-corrected chi connectivity index (χ1v) is 7.52. The first-order valence-electron chi connectivity index (χ1n) is 7.52. The summed E-state index contributed by atoms with van der Waals surface area (Å²) in [5.74, 6) is 0. The van der Waals surface area contributed by atoms with Crippen LogP contribution in [0.15, 0.2) is 35.3 Å². The standard InChI is InChI=1S/C16H21N3O/c20-16-12-18-14-8-3-4-9-15(14)19(16)11-5-10-17-13-6-1-2-7-13/h3-4,8-9,12-13,17H,1-2,5-7,10-11H2. The molecule has 0 spiro atoms. The lowest BCUT2D eigenvalue weighted by atomic mass is 10.2. The van der Waals surface area contributed by atoms with E-state index in [1.165, 1.54) is 31.9 Å². The molecule has 0 saturated heterocycles. The number of aryl methyl sites for hydroxylation is 1. The molecule has 4 nitrogen and oxygen atoms in total. The molecule has 106 valence electrons. The Balaban J connectivity index is 1.64. The number of fused-ring (bicyclic) bond motifs is 1. The van der Waals surface area contributed by atoms with Crippen molar-refractivity contribution in [2.45, 2.75) is 44.7 Å². The van der Waals surface area contributed by atoms with Crippen LogP contribution in [0, 0.1) is 0 Å². The molecule has 1 heterocycles. The molecular formula is C16H21N3O. The topological polar surface area (TPSA) is 46.9 Å². The fraction of sp³-hybridized carbons (Fsp3) is 0.500. The molecule has 1 aromatic heterocycles. The molecule has 0 aliphatic heterocycles. The van der Waals surface area contributed by atoms with Crippen LogP contribution < -0.4 is 10.9 Å². The van der Waals surface area contributed by atoms with E-state index in [0.29, 0.717) is 6.04 Å². The largest absolute Gasteiger partial charge is 0.314 e. The van der Waals surface area contributed by atoms with Gasteiger partial charge in [-0.3, -0.25) is 4.79 Å². The van der Waals surface area contributed by atoms with Gasteiger partial charge in [-0.05, 0) is 37.9 Å². The fourth-order valence-corrected chi connectivity index (χ4v) is 3.02. The number of nitrogens with one attached hydrogen (secondary N) is 1. The maximum Gasteiger partial charge on any atom is 0.269 e. The molecule has 0 atom stereocenters. The van der Waals surface area contributed by atoms with Crippen molar-refractivity contribution < 1.29 is 0 Å². The summed E-state index contributed by atoms with van der Waals surface area (Å²) in [4.78, 5) is 16.1. The number of nitrogens with zero attached hydrogens (tertiary/aromatic N) is 2. The highest BCUT2D eigenvalue weighted by atomic mass is 16.1. The van der Waals surface area contributed by atoms with Crippen LogP contribution in [0.25, 0.3) is 11.0 Å². The average molecular weight is 271 g/mol. The molecule has 0 amide bonds. The zero-order chi connectivity index (χ0) is 13.8. The molecule has 0 unspecified atom stereocenters. The second-order valence-electron chi connectivity index (χ2n) is 5.53. The quantitative estimate of drug-likeness (QED) is 0.849. The van der Waals surface area contributed by atoms with Crippen molar-refractivity contribution >= 4 is 11.0 Å².